The van der Waals surface area contributed by atoms with E-state index in [9.17, 15) is 9.59 Å². The Morgan fingerprint density at radius 3 is 2.80 bits per heavy atom. The summed E-state index contributed by atoms with van der Waals surface area (Å²) in [4.78, 5) is 22.6. The zero-order valence-electron chi connectivity index (χ0n) is 9.06. The number of amides is 1. The highest BCUT2D eigenvalue weighted by atomic mass is 16.2. The van der Waals surface area contributed by atoms with E-state index in [1.54, 1.807) is 7.05 Å². The van der Waals surface area contributed by atoms with Gasteiger partial charge in [0.2, 0.25) is 6.29 Å². The number of nitrogens with zero attached hydrogens (tertiary/aromatic N) is 1. The fraction of sp³-hybridized carbons (Fsp3) is 0.333. The Labute approximate surface area is 89.7 Å². The zero-order valence-corrected chi connectivity index (χ0v) is 9.06. The van der Waals surface area contributed by atoms with Gasteiger partial charge in [0.05, 0.1) is 0 Å². The summed E-state index contributed by atoms with van der Waals surface area (Å²) in [6.07, 6.45) is 1.12. The molecule has 0 spiro atoms. The number of rotatable bonds is 4. The molecule has 0 heterocycles. The maximum absolute atomic E-state index is 11.0. The van der Waals surface area contributed by atoms with E-state index in [1.165, 1.54) is 16.0 Å². The van der Waals surface area contributed by atoms with Gasteiger partial charge in [0.25, 0.3) is 5.91 Å². The van der Waals surface area contributed by atoms with Crippen LogP contribution >= 0.6 is 0 Å². The molecule has 15 heavy (non-hydrogen) atoms. The first-order valence-electron chi connectivity index (χ1n) is 4.89. The summed E-state index contributed by atoms with van der Waals surface area (Å²) in [7, 11) is 1.63. The van der Waals surface area contributed by atoms with E-state index in [2.05, 4.69) is 6.07 Å². The first-order valence-corrected chi connectivity index (χ1v) is 4.89. The Bertz CT molecular complexity index is 360. The third-order valence-corrected chi connectivity index (χ3v) is 2.30. The van der Waals surface area contributed by atoms with Crippen molar-refractivity contribution in [3.8, 4) is 0 Å². The normalized spacial score (nSPS) is 9.73. The van der Waals surface area contributed by atoms with Gasteiger partial charge in [-0.15, -0.1) is 0 Å². The smallest absolute Gasteiger partial charge is 0.286 e. The third kappa shape index (κ3) is 3.54. The molecule has 0 radical (unpaired) electrons. The molecule has 0 saturated heterocycles. The lowest BCUT2D eigenvalue weighted by molar-refractivity contribution is -0.137. The number of hydrogen-bond donors (Lipinski definition) is 0. The maximum Gasteiger partial charge on any atom is 0.286 e. The molecule has 1 rings (SSSR count). The van der Waals surface area contributed by atoms with Crippen molar-refractivity contribution in [2.24, 2.45) is 0 Å². The lowest BCUT2D eigenvalue weighted by atomic mass is 10.1. The summed E-state index contributed by atoms with van der Waals surface area (Å²) in [6, 6.07) is 8.13. The molecule has 3 heteroatoms. The molecule has 0 N–H and O–H groups in total. The van der Waals surface area contributed by atoms with Crippen molar-refractivity contribution >= 4 is 12.2 Å². The molecule has 3 nitrogen and oxygen atoms in total. The van der Waals surface area contributed by atoms with Crippen molar-refractivity contribution in [2.45, 2.75) is 13.3 Å². The third-order valence-electron chi connectivity index (χ3n) is 2.30. The zero-order chi connectivity index (χ0) is 11.3. The summed E-state index contributed by atoms with van der Waals surface area (Å²) in [5.74, 6) is -0.470. The van der Waals surface area contributed by atoms with Crippen LogP contribution in [0.25, 0.3) is 0 Å². The van der Waals surface area contributed by atoms with Crippen molar-refractivity contribution in [2.75, 3.05) is 13.6 Å². The Kier molecular flexibility index (Phi) is 4.03. The summed E-state index contributed by atoms with van der Waals surface area (Å²) >= 11 is 0. The Hall–Kier alpha value is -1.64. The van der Waals surface area contributed by atoms with Gasteiger partial charge in [0.15, 0.2) is 0 Å². The fourth-order valence-electron chi connectivity index (χ4n) is 1.36. The summed E-state index contributed by atoms with van der Waals surface area (Å²) in [5, 5.41) is 0. The van der Waals surface area contributed by atoms with Crippen LogP contribution in [0.3, 0.4) is 0 Å². The van der Waals surface area contributed by atoms with Crippen LogP contribution in [0.4, 0.5) is 0 Å². The van der Waals surface area contributed by atoms with Crippen LogP contribution in [0.5, 0.6) is 0 Å². The molecule has 80 valence electrons. The van der Waals surface area contributed by atoms with E-state index in [0.29, 0.717) is 12.8 Å². The quantitative estimate of drug-likeness (QED) is 0.547. The van der Waals surface area contributed by atoms with Gasteiger partial charge < -0.3 is 4.90 Å². The van der Waals surface area contributed by atoms with Crippen molar-refractivity contribution in [1.82, 2.24) is 4.90 Å². The molecule has 1 aromatic rings. The number of benzene rings is 1. The van der Waals surface area contributed by atoms with E-state index < -0.39 is 5.91 Å². The summed E-state index contributed by atoms with van der Waals surface area (Å²) in [6.45, 7) is 2.60. The number of hydrogen-bond acceptors (Lipinski definition) is 2. The highest BCUT2D eigenvalue weighted by Crippen LogP contribution is 2.05. The molecule has 0 aliphatic heterocycles. The maximum atomic E-state index is 11.0. The van der Waals surface area contributed by atoms with Crippen LogP contribution in [-0.4, -0.2) is 30.7 Å². The van der Waals surface area contributed by atoms with Crippen molar-refractivity contribution in [3.63, 3.8) is 0 Å². The predicted octanol–water partition coefficient (Wildman–Crippen LogP) is 1.19. The van der Waals surface area contributed by atoms with Crippen LogP contribution in [0.2, 0.25) is 0 Å². The van der Waals surface area contributed by atoms with E-state index in [-0.39, 0.29) is 0 Å². The van der Waals surface area contributed by atoms with Crippen molar-refractivity contribution in [1.29, 1.82) is 0 Å². The molecule has 0 saturated carbocycles. The molecule has 1 aromatic carbocycles. The molecule has 1 amide bonds. The minimum absolute atomic E-state index is 0.343. The van der Waals surface area contributed by atoms with Gasteiger partial charge in [-0.1, -0.05) is 29.8 Å². The molecule has 0 unspecified atom stereocenters. The van der Waals surface area contributed by atoms with Crippen LogP contribution < -0.4 is 0 Å². The number of aldehydes is 1. The van der Waals surface area contributed by atoms with Gasteiger partial charge >= 0.3 is 0 Å². The Morgan fingerprint density at radius 1 is 1.47 bits per heavy atom. The van der Waals surface area contributed by atoms with E-state index in [0.717, 1.165) is 6.42 Å². The highest BCUT2D eigenvalue weighted by molar-refractivity contribution is 6.23. The van der Waals surface area contributed by atoms with Gasteiger partial charge in [-0.2, -0.15) is 0 Å². The van der Waals surface area contributed by atoms with Crippen LogP contribution in [0.1, 0.15) is 11.1 Å². The molecule has 0 bridgehead atoms. The van der Waals surface area contributed by atoms with Gasteiger partial charge in [-0.05, 0) is 18.9 Å². The van der Waals surface area contributed by atoms with Crippen molar-refractivity contribution < 1.29 is 9.59 Å². The first-order chi connectivity index (χ1) is 7.13. The number of aryl methyl sites for hydroxylation is 1. The van der Waals surface area contributed by atoms with Crippen LogP contribution in [-0.2, 0) is 16.0 Å². The lowest BCUT2D eigenvalue weighted by Gasteiger charge is -2.13. The van der Waals surface area contributed by atoms with Crippen LogP contribution in [0, 0.1) is 6.92 Å². The summed E-state index contributed by atoms with van der Waals surface area (Å²) in [5.41, 5.74) is 2.39. The second-order valence-electron chi connectivity index (χ2n) is 3.62. The first kappa shape index (κ1) is 11.4. The Morgan fingerprint density at radius 2 is 2.20 bits per heavy atom. The van der Waals surface area contributed by atoms with Gasteiger partial charge in [-0.3, -0.25) is 9.59 Å². The average molecular weight is 205 g/mol. The molecule has 0 aromatic heterocycles. The minimum Gasteiger partial charge on any atom is -0.339 e. The number of carbonyl (C=O) groups excluding carboxylic acids is 2. The SMILES string of the molecule is Cc1cccc(CCN(C)C(=O)C=O)c1. The largest absolute Gasteiger partial charge is 0.339 e. The second-order valence-corrected chi connectivity index (χ2v) is 3.62. The van der Waals surface area contributed by atoms with E-state index >= 15 is 0 Å². The monoisotopic (exact) mass is 205 g/mol. The van der Waals surface area contributed by atoms with Gasteiger partial charge in [0.1, 0.15) is 0 Å². The number of carbonyl (C=O) groups is 2. The van der Waals surface area contributed by atoms with Crippen molar-refractivity contribution in [3.05, 3.63) is 35.4 Å². The molecule has 0 aliphatic carbocycles. The minimum atomic E-state index is -0.470. The summed E-state index contributed by atoms with van der Waals surface area (Å²) < 4.78 is 0. The number of likely N-dealkylation sites (N-methyl/N-ethyl adjacent to an activating group) is 1. The molecule has 0 atom stereocenters. The van der Waals surface area contributed by atoms with E-state index in [1.807, 2.05) is 25.1 Å². The lowest BCUT2D eigenvalue weighted by Crippen LogP contribution is -2.29. The molecular formula is C12H15NO2. The molecule has 0 aliphatic rings. The van der Waals surface area contributed by atoms with Crippen LogP contribution in [0.15, 0.2) is 24.3 Å². The molecule has 0 fully saturated rings. The topological polar surface area (TPSA) is 37.4 Å². The van der Waals surface area contributed by atoms with E-state index in [4.69, 9.17) is 0 Å². The fourth-order valence-corrected chi connectivity index (χ4v) is 1.36. The highest BCUT2D eigenvalue weighted by Gasteiger charge is 2.05. The predicted molar refractivity (Wildman–Crippen MR) is 58.6 cm³/mol. The van der Waals surface area contributed by atoms with Gasteiger partial charge in [-0.25, -0.2) is 0 Å². The average Bonchev–Trinajstić information content (AvgIpc) is 2.25. The van der Waals surface area contributed by atoms with Gasteiger partial charge in [0, 0.05) is 13.6 Å². The standard InChI is InChI=1S/C12H15NO2/c1-10-4-3-5-11(8-10)6-7-13(2)12(15)9-14/h3-5,8-9H,6-7H2,1-2H3. The molecular weight excluding hydrogens is 190 g/mol. The Balaban J connectivity index is 2.50. The second kappa shape index (κ2) is 5.29.